The van der Waals surface area contributed by atoms with Gasteiger partial charge in [-0.05, 0) is 6.92 Å². The number of rotatable bonds is 2. The number of ketones is 1. The number of halogens is 5. The van der Waals surface area contributed by atoms with Crippen LogP contribution in [0.4, 0.5) is 22.0 Å². The molecule has 0 aliphatic rings. The Labute approximate surface area is 70.2 Å². The highest BCUT2D eigenvalue weighted by Crippen LogP contribution is 2.38. The molecule has 0 aromatic carbocycles. The van der Waals surface area contributed by atoms with Crippen molar-refractivity contribution in [3.8, 4) is 0 Å². The van der Waals surface area contributed by atoms with E-state index in [4.69, 9.17) is 0 Å². The molecule has 0 aromatic rings. The molecular formula is C6H6F5NO. The predicted octanol–water partition coefficient (Wildman–Crippen LogP) is 1.62. The molecule has 0 amide bonds. The highest BCUT2D eigenvalue weighted by atomic mass is 19.4. The molecule has 0 bridgehead atoms. The fourth-order valence-electron chi connectivity index (χ4n) is 0.473. The Hall–Kier alpha value is -1.14. The van der Waals surface area contributed by atoms with E-state index in [1.165, 1.54) is 0 Å². The van der Waals surface area contributed by atoms with Crippen molar-refractivity contribution in [2.24, 2.45) is 5.73 Å². The van der Waals surface area contributed by atoms with Crippen LogP contribution in [0.5, 0.6) is 0 Å². The van der Waals surface area contributed by atoms with Crippen molar-refractivity contribution in [2.75, 3.05) is 0 Å². The van der Waals surface area contributed by atoms with Crippen LogP contribution in [-0.2, 0) is 4.79 Å². The number of allylic oxidation sites excluding steroid dienone is 2. The molecule has 0 saturated carbocycles. The van der Waals surface area contributed by atoms with Crippen LogP contribution in [0.1, 0.15) is 6.92 Å². The lowest BCUT2D eigenvalue weighted by atomic mass is 10.2. The summed E-state index contributed by atoms with van der Waals surface area (Å²) in [6.45, 7) is 0.819. The molecule has 2 N–H and O–H groups in total. The van der Waals surface area contributed by atoms with E-state index in [0.29, 0.717) is 0 Å². The number of carbonyl (C=O) groups excluding carboxylic acids is 1. The highest BCUT2D eigenvalue weighted by molar-refractivity contribution is 5.88. The normalized spacial score (nSPS) is 14.5. The molecular weight excluding hydrogens is 197 g/mol. The number of hydrogen-bond acceptors (Lipinski definition) is 2. The molecule has 0 aliphatic carbocycles. The largest absolute Gasteiger partial charge is 0.459 e. The average Bonchev–Trinajstić information content (AvgIpc) is 1.82. The maximum absolute atomic E-state index is 12.2. The van der Waals surface area contributed by atoms with Gasteiger partial charge in [0.05, 0.1) is 5.70 Å². The fourth-order valence-corrected chi connectivity index (χ4v) is 0.473. The second-order valence-electron chi connectivity index (χ2n) is 2.28. The van der Waals surface area contributed by atoms with Gasteiger partial charge in [-0.1, -0.05) is 0 Å². The molecule has 0 rings (SSSR count). The van der Waals surface area contributed by atoms with Gasteiger partial charge < -0.3 is 5.73 Å². The number of nitrogens with two attached hydrogens (primary N) is 1. The first-order valence-corrected chi connectivity index (χ1v) is 3.02. The third-order valence-corrected chi connectivity index (χ3v) is 1.08. The zero-order chi connectivity index (χ0) is 10.9. The SMILES string of the molecule is CC(=O)C=C(N)C(F)(F)C(F)(F)F. The van der Waals surface area contributed by atoms with Crippen LogP contribution in [0.25, 0.3) is 0 Å². The summed E-state index contributed by atoms with van der Waals surface area (Å²) in [5, 5.41) is 0. The van der Waals surface area contributed by atoms with E-state index in [9.17, 15) is 26.7 Å². The van der Waals surface area contributed by atoms with Crippen molar-refractivity contribution in [3.63, 3.8) is 0 Å². The van der Waals surface area contributed by atoms with Gasteiger partial charge in [-0.2, -0.15) is 22.0 Å². The quantitative estimate of drug-likeness (QED) is 0.547. The summed E-state index contributed by atoms with van der Waals surface area (Å²) in [5.74, 6) is -6.12. The molecule has 0 aliphatic heterocycles. The molecule has 0 radical (unpaired) electrons. The molecule has 13 heavy (non-hydrogen) atoms. The third kappa shape index (κ3) is 2.67. The summed E-state index contributed by atoms with van der Waals surface area (Å²) >= 11 is 0. The summed E-state index contributed by atoms with van der Waals surface area (Å²) in [6, 6.07) is 0. The molecule has 0 heterocycles. The minimum Gasteiger partial charge on any atom is -0.397 e. The second kappa shape index (κ2) is 3.31. The van der Waals surface area contributed by atoms with Gasteiger partial charge in [-0.25, -0.2) is 0 Å². The van der Waals surface area contributed by atoms with Gasteiger partial charge in [0.25, 0.3) is 0 Å². The van der Waals surface area contributed by atoms with Gasteiger partial charge in [0.2, 0.25) is 0 Å². The van der Waals surface area contributed by atoms with Gasteiger partial charge in [0, 0.05) is 6.08 Å². The number of carbonyl (C=O) groups is 1. The van der Waals surface area contributed by atoms with E-state index < -0.39 is 23.6 Å². The first-order valence-electron chi connectivity index (χ1n) is 3.02. The van der Waals surface area contributed by atoms with E-state index in [2.05, 4.69) is 5.73 Å². The summed E-state index contributed by atoms with van der Waals surface area (Å²) in [7, 11) is 0. The van der Waals surface area contributed by atoms with Crippen LogP contribution in [-0.4, -0.2) is 17.9 Å². The second-order valence-corrected chi connectivity index (χ2v) is 2.28. The van der Waals surface area contributed by atoms with Crippen molar-refractivity contribution in [1.82, 2.24) is 0 Å². The van der Waals surface area contributed by atoms with Crippen LogP contribution in [0.2, 0.25) is 0 Å². The van der Waals surface area contributed by atoms with E-state index in [1.54, 1.807) is 0 Å². The van der Waals surface area contributed by atoms with Crippen LogP contribution in [0.3, 0.4) is 0 Å². The molecule has 0 aromatic heterocycles. The average molecular weight is 203 g/mol. The summed E-state index contributed by atoms with van der Waals surface area (Å²) < 4.78 is 59.1. The van der Waals surface area contributed by atoms with Crippen molar-refractivity contribution < 1.29 is 26.7 Å². The predicted molar refractivity (Wildman–Crippen MR) is 34.0 cm³/mol. The Morgan fingerprint density at radius 3 is 1.85 bits per heavy atom. The maximum atomic E-state index is 12.2. The van der Waals surface area contributed by atoms with Crippen LogP contribution in [0.15, 0.2) is 11.8 Å². The zero-order valence-corrected chi connectivity index (χ0v) is 6.45. The van der Waals surface area contributed by atoms with Crippen molar-refractivity contribution in [2.45, 2.75) is 19.0 Å². The zero-order valence-electron chi connectivity index (χ0n) is 6.45. The molecule has 0 spiro atoms. The van der Waals surface area contributed by atoms with Crippen molar-refractivity contribution >= 4 is 5.78 Å². The lowest BCUT2D eigenvalue weighted by Crippen LogP contribution is -2.41. The smallest absolute Gasteiger partial charge is 0.397 e. The Kier molecular flexibility index (Phi) is 3.02. The van der Waals surface area contributed by atoms with E-state index in [1.807, 2.05) is 0 Å². The van der Waals surface area contributed by atoms with E-state index in [0.717, 1.165) is 6.92 Å². The van der Waals surface area contributed by atoms with Crippen LogP contribution in [0, 0.1) is 0 Å². The molecule has 0 saturated heterocycles. The van der Waals surface area contributed by atoms with Crippen molar-refractivity contribution in [1.29, 1.82) is 0 Å². The van der Waals surface area contributed by atoms with Crippen LogP contribution < -0.4 is 5.73 Å². The Morgan fingerprint density at radius 1 is 1.23 bits per heavy atom. The lowest BCUT2D eigenvalue weighted by Gasteiger charge is -2.19. The lowest BCUT2D eigenvalue weighted by molar-refractivity contribution is -0.264. The number of alkyl halides is 5. The van der Waals surface area contributed by atoms with Crippen molar-refractivity contribution in [3.05, 3.63) is 11.8 Å². The minimum absolute atomic E-state index is 0.0491. The Morgan fingerprint density at radius 2 is 1.62 bits per heavy atom. The highest BCUT2D eigenvalue weighted by Gasteiger charge is 2.59. The monoisotopic (exact) mass is 203 g/mol. The third-order valence-electron chi connectivity index (χ3n) is 1.08. The van der Waals surface area contributed by atoms with Gasteiger partial charge in [-0.15, -0.1) is 0 Å². The maximum Gasteiger partial charge on any atom is 0.459 e. The molecule has 0 unspecified atom stereocenters. The standard InChI is InChI=1S/C6H6F5NO/c1-3(13)2-4(12)5(7,8)6(9,10)11/h2H,12H2,1H3. The molecule has 7 heteroatoms. The molecule has 2 nitrogen and oxygen atoms in total. The fraction of sp³-hybridized carbons (Fsp3) is 0.500. The summed E-state index contributed by atoms with van der Waals surface area (Å²) in [4.78, 5) is 10.2. The van der Waals surface area contributed by atoms with Gasteiger partial charge in [0.15, 0.2) is 5.78 Å². The summed E-state index contributed by atoms with van der Waals surface area (Å²) in [6.07, 6.45) is -5.73. The molecule has 0 atom stereocenters. The molecule has 76 valence electrons. The summed E-state index contributed by atoms with van der Waals surface area (Å²) in [5.41, 5.74) is 2.61. The van der Waals surface area contributed by atoms with Crippen LogP contribution >= 0.6 is 0 Å². The Balaban J connectivity index is 4.95. The first-order chi connectivity index (χ1) is 5.59. The van der Waals surface area contributed by atoms with Gasteiger partial charge in [-0.3, -0.25) is 4.79 Å². The molecule has 0 fully saturated rings. The topological polar surface area (TPSA) is 43.1 Å². The van der Waals surface area contributed by atoms with Gasteiger partial charge in [0.1, 0.15) is 0 Å². The first kappa shape index (κ1) is 11.9. The van der Waals surface area contributed by atoms with E-state index in [-0.39, 0.29) is 6.08 Å². The van der Waals surface area contributed by atoms with E-state index >= 15 is 0 Å². The van der Waals surface area contributed by atoms with Gasteiger partial charge >= 0.3 is 12.1 Å². The number of hydrogen-bond donors (Lipinski definition) is 1. The Bertz CT molecular complexity index is 242. The minimum atomic E-state index is -5.77.